The van der Waals surface area contributed by atoms with Crippen LogP contribution in [0.1, 0.15) is 55.3 Å². The molecule has 2 atom stereocenters. The predicted molar refractivity (Wildman–Crippen MR) is 180 cm³/mol. The van der Waals surface area contributed by atoms with Gasteiger partial charge in [0.2, 0.25) is 0 Å². The molecular weight excluding hydrogens is 572 g/mol. The smallest absolute Gasteiger partial charge is 0.265 e. The second-order valence-electron chi connectivity index (χ2n) is 12.4. The van der Waals surface area contributed by atoms with Crippen LogP contribution < -0.4 is 0 Å². The number of hydrogen-bond acceptors (Lipinski definition) is 4. The summed E-state index contributed by atoms with van der Waals surface area (Å²) >= 11 is 0. The molecule has 4 aliphatic rings. The van der Waals surface area contributed by atoms with Crippen molar-refractivity contribution in [3.63, 3.8) is 0 Å². The number of fused-ring (bicyclic) bond motifs is 2. The van der Waals surface area contributed by atoms with Crippen LogP contribution in [-0.2, 0) is 0 Å². The van der Waals surface area contributed by atoms with Gasteiger partial charge in [0.05, 0.1) is 11.4 Å². The van der Waals surface area contributed by atoms with Gasteiger partial charge < -0.3 is 0 Å². The average molecular weight is 599 g/mol. The topological polar surface area (TPSA) is 74.8 Å². The van der Waals surface area contributed by atoms with E-state index in [0.717, 1.165) is 32.3 Å². The van der Waals surface area contributed by atoms with Crippen molar-refractivity contribution in [2.45, 2.75) is 13.8 Å². The third-order valence-electron chi connectivity index (χ3n) is 9.66. The average Bonchev–Trinajstić information content (AvgIpc) is 3.41. The van der Waals surface area contributed by atoms with Crippen molar-refractivity contribution >= 4 is 66.7 Å². The molecule has 46 heavy (non-hydrogen) atoms. The van der Waals surface area contributed by atoms with Gasteiger partial charge in [-0.2, -0.15) is 0 Å². The number of allylic oxidation sites excluding steroid dienone is 10. The van der Waals surface area contributed by atoms with Gasteiger partial charge >= 0.3 is 0 Å². The molecule has 0 spiro atoms. The zero-order valence-electron chi connectivity index (χ0n) is 25.1. The molecule has 2 aliphatic carbocycles. The Kier molecular flexibility index (Phi) is 5.37. The highest BCUT2D eigenvalue weighted by molar-refractivity contribution is 6.41. The van der Waals surface area contributed by atoms with Gasteiger partial charge in [0.25, 0.3) is 23.6 Å². The molecule has 220 valence electrons. The van der Waals surface area contributed by atoms with Crippen LogP contribution in [0.2, 0.25) is 0 Å². The molecule has 0 radical (unpaired) electrons. The molecule has 2 heterocycles. The minimum Gasteiger partial charge on any atom is -0.268 e. The summed E-state index contributed by atoms with van der Waals surface area (Å²) in [5.74, 6) is -1.08. The monoisotopic (exact) mass is 598 g/mol. The van der Waals surface area contributed by atoms with Gasteiger partial charge in [-0.1, -0.05) is 74.6 Å². The highest BCUT2D eigenvalue weighted by Crippen LogP contribution is 2.47. The zero-order valence-corrected chi connectivity index (χ0v) is 25.1. The van der Waals surface area contributed by atoms with Gasteiger partial charge in [-0.25, -0.2) is 9.80 Å². The van der Waals surface area contributed by atoms with Gasteiger partial charge in [0.1, 0.15) is 0 Å². The first-order valence-electron chi connectivity index (χ1n) is 15.4. The number of amides is 4. The first kappa shape index (κ1) is 26.5. The third kappa shape index (κ3) is 3.41. The van der Waals surface area contributed by atoms with Gasteiger partial charge in [-0.15, -0.1) is 0 Å². The molecule has 0 aromatic heterocycles. The minimum absolute atomic E-state index is 0.187. The van der Waals surface area contributed by atoms with Crippen LogP contribution in [0.4, 0.5) is 0 Å². The van der Waals surface area contributed by atoms with E-state index in [1.165, 1.54) is 9.80 Å². The molecule has 6 heteroatoms. The Labute approximate surface area is 263 Å². The molecule has 6 nitrogen and oxygen atoms in total. The first-order valence-corrected chi connectivity index (χ1v) is 15.4. The molecule has 2 unspecified atom stereocenters. The number of nitrogens with zero attached hydrogens (tertiary/aromatic N) is 2. The van der Waals surface area contributed by atoms with Gasteiger partial charge in [0.15, 0.2) is 0 Å². The molecule has 2 aliphatic heterocycles. The quantitative estimate of drug-likeness (QED) is 0.117. The van der Waals surface area contributed by atoms with Crippen LogP contribution in [0, 0.1) is 11.8 Å². The van der Waals surface area contributed by atoms with Crippen molar-refractivity contribution in [2.24, 2.45) is 11.8 Å². The fourth-order valence-electron chi connectivity index (χ4n) is 7.43. The standard InChI is InChI=1S/C40H26N2O4/c1-21-5-3-7-23(11-9-21)41-37(43)29-17-13-25-27-15-19-31-36-32(40(46)42(39(31)45)24-8-4-6-22(2)10-12-24)20-16-28(34(27)36)26-14-18-30(38(41)44)35(29)33(25)26/h3-22H,1-2H3. The molecule has 0 saturated carbocycles. The van der Waals surface area contributed by atoms with Crippen LogP contribution in [0.5, 0.6) is 0 Å². The van der Waals surface area contributed by atoms with Crippen molar-refractivity contribution < 1.29 is 19.2 Å². The van der Waals surface area contributed by atoms with E-state index in [-0.39, 0.29) is 35.5 Å². The summed E-state index contributed by atoms with van der Waals surface area (Å²) in [4.78, 5) is 58.5. The molecule has 0 saturated heterocycles. The lowest BCUT2D eigenvalue weighted by Gasteiger charge is -2.30. The molecule has 0 bridgehead atoms. The van der Waals surface area contributed by atoms with E-state index >= 15 is 0 Å². The van der Waals surface area contributed by atoms with Crippen molar-refractivity contribution in [3.05, 3.63) is 143 Å². The van der Waals surface area contributed by atoms with E-state index in [1.807, 2.05) is 86.7 Å². The lowest BCUT2D eigenvalue weighted by atomic mass is 9.82. The van der Waals surface area contributed by atoms with Crippen molar-refractivity contribution in [2.75, 3.05) is 0 Å². The minimum atomic E-state index is -0.363. The summed E-state index contributed by atoms with van der Waals surface area (Å²) in [5.41, 5.74) is 2.93. The van der Waals surface area contributed by atoms with Crippen molar-refractivity contribution in [1.29, 1.82) is 0 Å². The van der Waals surface area contributed by atoms with Crippen LogP contribution in [-0.4, -0.2) is 33.4 Å². The summed E-state index contributed by atoms with van der Waals surface area (Å²) in [6.07, 6.45) is 19.0. The predicted octanol–water partition coefficient (Wildman–Crippen LogP) is 8.22. The Balaban J connectivity index is 1.27. The highest BCUT2D eigenvalue weighted by atomic mass is 16.2. The van der Waals surface area contributed by atoms with Gasteiger partial charge in [-0.05, 0) is 92.7 Å². The second-order valence-corrected chi connectivity index (χ2v) is 12.4. The maximum Gasteiger partial charge on any atom is 0.265 e. The number of hydrogen-bond donors (Lipinski definition) is 0. The van der Waals surface area contributed by atoms with Crippen molar-refractivity contribution in [3.8, 4) is 0 Å². The molecule has 5 aromatic carbocycles. The molecule has 0 N–H and O–H groups in total. The van der Waals surface area contributed by atoms with E-state index in [0.29, 0.717) is 44.4 Å². The van der Waals surface area contributed by atoms with Crippen LogP contribution in [0.3, 0.4) is 0 Å². The maximum absolute atomic E-state index is 14.0. The lowest BCUT2D eigenvalue weighted by Crippen LogP contribution is -2.39. The highest BCUT2D eigenvalue weighted by Gasteiger charge is 2.38. The van der Waals surface area contributed by atoms with Gasteiger partial charge in [-0.3, -0.25) is 19.2 Å². The second kappa shape index (κ2) is 9.31. The van der Waals surface area contributed by atoms with E-state index in [9.17, 15) is 19.2 Å². The van der Waals surface area contributed by atoms with E-state index in [4.69, 9.17) is 0 Å². The summed E-state index contributed by atoms with van der Waals surface area (Å²) in [6.45, 7) is 4.09. The largest absolute Gasteiger partial charge is 0.268 e. The van der Waals surface area contributed by atoms with Crippen molar-refractivity contribution in [1.82, 2.24) is 9.80 Å². The Morgan fingerprint density at radius 2 is 0.761 bits per heavy atom. The molecule has 9 rings (SSSR count). The van der Waals surface area contributed by atoms with E-state index in [2.05, 4.69) is 0 Å². The van der Waals surface area contributed by atoms with Crippen LogP contribution >= 0.6 is 0 Å². The Morgan fingerprint density at radius 1 is 0.435 bits per heavy atom. The number of benzene rings is 5. The summed E-state index contributed by atoms with van der Waals surface area (Å²) < 4.78 is 0. The Hall–Kier alpha value is -5.88. The maximum atomic E-state index is 14.0. The fraction of sp³-hybridized carbons (Fsp3) is 0.100. The SMILES string of the molecule is CC1C=CC=C(N2C(=O)c3ccc4c5ccc6c7c(ccc(c8ccc(c3c48)C2=O)c75)C(=O)N(C2=CC=CC(C)C=C2)C6=O)C=C1. The number of rotatable bonds is 2. The Bertz CT molecular complexity index is 2190. The summed E-state index contributed by atoms with van der Waals surface area (Å²) in [7, 11) is 0. The molecule has 0 fully saturated rings. The fourth-order valence-corrected chi connectivity index (χ4v) is 7.43. The molecular formula is C40H26N2O4. The first-order chi connectivity index (χ1) is 22.3. The Morgan fingerprint density at radius 3 is 1.09 bits per heavy atom. The van der Waals surface area contributed by atoms with E-state index in [1.54, 1.807) is 36.4 Å². The van der Waals surface area contributed by atoms with Crippen LogP contribution in [0.15, 0.2) is 121 Å². The lowest BCUT2D eigenvalue weighted by molar-refractivity contribution is 0.0651. The molecule has 4 amide bonds. The third-order valence-corrected chi connectivity index (χ3v) is 9.66. The normalized spacial score (nSPS) is 20.8. The summed E-state index contributed by atoms with van der Waals surface area (Å²) in [5, 5.41) is 6.38. The number of carbonyl (C=O) groups excluding carboxylic acids is 4. The number of imide groups is 2. The summed E-state index contributed by atoms with van der Waals surface area (Å²) in [6, 6.07) is 14.9. The molecule has 5 aromatic rings. The van der Waals surface area contributed by atoms with Gasteiger partial charge in [0, 0.05) is 33.0 Å². The zero-order chi connectivity index (χ0) is 31.4. The number of carbonyl (C=O) groups is 4. The van der Waals surface area contributed by atoms with E-state index < -0.39 is 0 Å². The van der Waals surface area contributed by atoms with Crippen LogP contribution in [0.25, 0.3) is 43.1 Å².